The summed E-state index contributed by atoms with van der Waals surface area (Å²) in [5.74, 6) is -1.27. The van der Waals surface area contributed by atoms with Gasteiger partial charge >= 0.3 is 5.97 Å². The van der Waals surface area contributed by atoms with Crippen molar-refractivity contribution >= 4 is 29.2 Å². The lowest BCUT2D eigenvalue weighted by Crippen LogP contribution is -2.20. The average molecular weight is 228 g/mol. The first-order valence-corrected chi connectivity index (χ1v) is 5.16. The number of aliphatic carboxylic acids is 1. The van der Waals surface area contributed by atoms with Gasteiger partial charge in [-0.2, -0.15) is 0 Å². The molecular weight excluding hydrogens is 216 g/mol. The number of thioether (sulfide) groups is 1. The van der Waals surface area contributed by atoms with Crippen LogP contribution in [0.15, 0.2) is 16.0 Å². The number of rotatable bonds is 3. The van der Waals surface area contributed by atoms with E-state index in [2.05, 4.69) is 4.99 Å². The van der Waals surface area contributed by atoms with E-state index in [1.54, 1.807) is 19.0 Å². The van der Waals surface area contributed by atoms with E-state index in [1.165, 1.54) is 24.8 Å². The van der Waals surface area contributed by atoms with E-state index in [4.69, 9.17) is 5.11 Å². The molecule has 0 aromatic rings. The Morgan fingerprint density at radius 1 is 1.53 bits per heavy atom. The van der Waals surface area contributed by atoms with Crippen molar-refractivity contribution in [1.29, 1.82) is 0 Å². The van der Waals surface area contributed by atoms with Crippen molar-refractivity contribution in [2.75, 3.05) is 14.1 Å². The van der Waals surface area contributed by atoms with Gasteiger partial charge in [-0.15, -0.1) is 0 Å². The zero-order valence-electron chi connectivity index (χ0n) is 8.72. The van der Waals surface area contributed by atoms with E-state index in [0.717, 1.165) is 0 Å². The van der Waals surface area contributed by atoms with Crippen molar-refractivity contribution in [3.05, 3.63) is 11.0 Å². The smallest absolute Gasteiger partial charge is 0.355 e. The highest BCUT2D eigenvalue weighted by molar-refractivity contribution is 8.05. The van der Waals surface area contributed by atoms with Crippen LogP contribution in [-0.2, 0) is 9.59 Å². The molecule has 1 heterocycles. The number of carboxylic acid groups (broad SMARTS) is 1. The number of allylic oxidation sites excluding steroid dienone is 1. The van der Waals surface area contributed by atoms with Gasteiger partial charge in [-0.25, -0.2) is 9.79 Å². The number of nitrogens with zero attached hydrogens (tertiary/aromatic N) is 2. The summed E-state index contributed by atoms with van der Waals surface area (Å²) in [4.78, 5) is 28.0. The van der Waals surface area contributed by atoms with Crippen molar-refractivity contribution in [2.45, 2.75) is 12.4 Å². The van der Waals surface area contributed by atoms with Gasteiger partial charge in [0.05, 0.1) is 0 Å². The van der Waals surface area contributed by atoms with Crippen molar-refractivity contribution in [3.63, 3.8) is 0 Å². The quantitative estimate of drug-likeness (QED) is 0.715. The maximum Gasteiger partial charge on any atom is 0.355 e. The maximum atomic E-state index is 10.9. The van der Waals surface area contributed by atoms with Crippen LogP contribution in [0.25, 0.3) is 0 Å². The molecule has 0 aromatic heterocycles. The van der Waals surface area contributed by atoms with E-state index in [0.29, 0.717) is 4.91 Å². The van der Waals surface area contributed by atoms with Crippen molar-refractivity contribution in [1.82, 2.24) is 4.90 Å². The summed E-state index contributed by atoms with van der Waals surface area (Å²) in [6.45, 7) is 1.38. The molecule has 5 nitrogen and oxygen atoms in total. The van der Waals surface area contributed by atoms with Crippen molar-refractivity contribution < 1.29 is 14.7 Å². The van der Waals surface area contributed by atoms with Crippen LogP contribution in [0.3, 0.4) is 0 Å². The number of hydrogen-bond acceptors (Lipinski definition) is 5. The van der Waals surface area contributed by atoms with Crippen LogP contribution >= 0.6 is 11.8 Å². The van der Waals surface area contributed by atoms with Gasteiger partial charge in [0, 0.05) is 4.91 Å². The largest absolute Gasteiger partial charge is 0.476 e. The Bertz CT molecular complexity index is 360. The second kappa shape index (κ2) is 4.59. The summed E-state index contributed by atoms with van der Waals surface area (Å²) in [5, 5.41) is 8.88. The van der Waals surface area contributed by atoms with Gasteiger partial charge in [-0.3, -0.25) is 9.69 Å². The molecule has 0 bridgehead atoms. The van der Waals surface area contributed by atoms with Crippen LogP contribution in [-0.4, -0.2) is 47.1 Å². The van der Waals surface area contributed by atoms with Crippen LogP contribution < -0.4 is 0 Å². The molecule has 6 heteroatoms. The Morgan fingerprint density at radius 2 is 2.13 bits per heavy atom. The number of aliphatic imine (C=N–C) groups is 1. The molecule has 1 aliphatic heterocycles. The van der Waals surface area contributed by atoms with Crippen LogP contribution in [0.1, 0.15) is 6.92 Å². The minimum Gasteiger partial charge on any atom is -0.476 e. The molecule has 0 saturated carbocycles. The third kappa shape index (κ3) is 2.90. The first kappa shape index (κ1) is 11.9. The first-order chi connectivity index (χ1) is 6.91. The van der Waals surface area contributed by atoms with Crippen LogP contribution in [0.2, 0.25) is 0 Å². The Kier molecular flexibility index (Phi) is 3.65. The van der Waals surface area contributed by atoms with Gasteiger partial charge in [-0.1, -0.05) is 11.8 Å². The van der Waals surface area contributed by atoms with Gasteiger partial charge in [0.2, 0.25) is 0 Å². The molecule has 82 valence electrons. The third-order valence-electron chi connectivity index (χ3n) is 1.68. The molecule has 1 aliphatic rings. The summed E-state index contributed by atoms with van der Waals surface area (Å²) >= 11 is 1.27. The van der Waals surface area contributed by atoms with Crippen molar-refractivity contribution in [2.24, 2.45) is 4.99 Å². The number of carboxylic acids is 1. The molecule has 1 atom stereocenters. The molecule has 0 aromatic carbocycles. The zero-order valence-corrected chi connectivity index (χ0v) is 9.54. The highest BCUT2D eigenvalue weighted by atomic mass is 32.2. The first-order valence-electron chi connectivity index (χ1n) is 4.28. The lowest BCUT2D eigenvalue weighted by Gasteiger charge is -2.13. The van der Waals surface area contributed by atoms with Gasteiger partial charge in [0.25, 0.3) is 0 Å². The topological polar surface area (TPSA) is 70.0 Å². The fraction of sp³-hybridized carbons (Fsp3) is 0.444. The number of carbonyl (C=O) groups is 2. The Balaban J connectivity index is 2.99. The molecule has 0 fully saturated rings. The van der Waals surface area contributed by atoms with E-state index in [-0.39, 0.29) is 17.0 Å². The highest BCUT2D eigenvalue weighted by Crippen LogP contribution is 2.32. The molecule has 0 radical (unpaired) electrons. The van der Waals surface area contributed by atoms with E-state index in [1.807, 2.05) is 0 Å². The standard InChI is InChI=1S/C9H12N2O3S/c1-5(12)4-6-7(8(13)14)10-9(15-6)11(2)3/h4,9H,1-3H3,(H,13,14). The Labute approximate surface area is 91.9 Å². The maximum absolute atomic E-state index is 10.9. The second-order valence-corrected chi connectivity index (χ2v) is 4.41. The van der Waals surface area contributed by atoms with E-state index >= 15 is 0 Å². The molecule has 1 rings (SSSR count). The predicted molar refractivity (Wildman–Crippen MR) is 58.9 cm³/mol. The summed E-state index contributed by atoms with van der Waals surface area (Å²) in [6, 6.07) is 0. The highest BCUT2D eigenvalue weighted by Gasteiger charge is 2.29. The average Bonchev–Trinajstić information content (AvgIpc) is 2.46. The lowest BCUT2D eigenvalue weighted by atomic mass is 10.3. The second-order valence-electron chi connectivity index (χ2n) is 3.31. The molecule has 0 spiro atoms. The van der Waals surface area contributed by atoms with Crippen molar-refractivity contribution in [3.8, 4) is 0 Å². The molecule has 0 amide bonds. The Hall–Kier alpha value is -1.14. The lowest BCUT2D eigenvalue weighted by molar-refractivity contribution is -0.129. The van der Waals surface area contributed by atoms with E-state index < -0.39 is 5.97 Å². The SMILES string of the molecule is CC(=O)C=C1SC(N(C)C)N=C1C(=O)O. The van der Waals surface area contributed by atoms with Crippen LogP contribution in [0, 0.1) is 0 Å². The van der Waals surface area contributed by atoms with Gasteiger partial charge < -0.3 is 5.11 Å². The molecule has 1 N–H and O–H groups in total. The summed E-state index contributed by atoms with van der Waals surface area (Å²) in [7, 11) is 3.61. The monoisotopic (exact) mass is 228 g/mol. The summed E-state index contributed by atoms with van der Waals surface area (Å²) in [5.41, 5.74) is -0.296. The Morgan fingerprint density at radius 3 is 2.53 bits per heavy atom. The third-order valence-corrected chi connectivity index (χ3v) is 2.99. The molecule has 1 unspecified atom stereocenters. The fourth-order valence-electron chi connectivity index (χ4n) is 1.04. The number of ketones is 1. The summed E-state index contributed by atoms with van der Waals surface area (Å²) in [6.07, 6.45) is 1.31. The molecule has 15 heavy (non-hydrogen) atoms. The fourth-order valence-corrected chi connectivity index (χ4v) is 2.12. The van der Waals surface area contributed by atoms with Gasteiger partial charge in [0.15, 0.2) is 17.0 Å². The minimum atomic E-state index is -1.10. The number of hydrogen-bond donors (Lipinski definition) is 1. The van der Waals surface area contributed by atoms with Crippen LogP contribution in [0.4, 0.5) is 0 Å². The van der Waals surface area contributed by atoms with Crippen LogP contribution in [0.5, 0.6) is 0 Å². The van der Waals surface area contributed by atoms with Gasteiger partial charge in [0.1, 0.15) is 0 Å². The minimum absolute atomic E-state index is 0.0334. The zero-order chi connectivity index (χ0) is 11.6. The van der Waals surface area contributed by atoms with Gasteiger partial charge in [-0.05, 0) is 27.1 Å². The predicted octanol–water partition coefficient (Wildman–Crippen LogP) is 0.577. The summed E-state index contributed by atoms with van der Waals surface area (Å²) < 4.78 is 0. The normalized spacial score (nSPS) is 23.3. The molecular formula is C9H12N2O3S. The molecule has 0 saturated heterocycles. The molecule has 0 aliphatic carbocycles. The number of carbonyl (C=O) groups excluding carboxylic acids is 1. The van der Waals surface area contributed by atoms with E-state index in [9.17, 15) is 9.59 Å².